The molecule has 4 heteroatoms. The molecule has 1 heterocycles. The second-order valence-electron chi connectivity index (χ2n) is 3.52. The number of amides is 1. The lowest BCUT2D eigenvalue weighted by molar-refractivity contribution is -0.124. The molecule has 0 spiro atoms. The fourth-order valence-electron chi connectivity index (χ4n) is 0.679. The topological polar surface area (TPSA) is 20.3 Å². The zero-order chi connectivity index (χ0) is 10.4. The second kappa shape index (κ2) is 6.38. The predicted molar refractivity (Wildman–Crippen MR) is 63.0 cm³/mol. The van der Waals surface area contributed by atoms with Crippen LogP contribution in [0.5, 0.6) is 0 Å². The first kappa shape index (κ1) is 12.9. The quantitative estimate of drug-likeness (QED) is 0.584. The van der Waals surface area contributed by atoms with Crippen molar-refractivity contribution in [1.82, 2.24) is 4.90 Å². The SMILES string of the molecule is CC(=O)N1CCSC1=S.CC(C)C. The van der Waals surface area contributed by atoms with Crippen molar-refractivity contribution >= 4 is 34.2 Å². The van der Waals surface area contributed by atoms with Gasteiger partial charge in [-0.2, -0.15) is 0 Å². The van der Waals surface area contributed by atoms with E-state index in [0.717, 1.165) is 22.5 Å². The third-order valence-corrected chi connectivity index (χ3v) is 2.57. The summed E-state index contributed by atoms with van der Waals surface area (Å²) in [7, 11) is 0. The molecule has 1 rings (SSSR count). The molecule has 1 amide bonds. The first-order valence-corrected chi connectivity index (χ1v) is 5.79. The third kappa shape index (κ3) is 6.05. The van der Waals surface area contributed by atoms with Crippen LogP contribution >= 0.6 is 24.0 Å². The zero-order valence-corrected chi connectivity index (χ0v) is 10.3. The lowest BCUT2D eigenvalue weighted by Gasteiger charge is -2.09. The number of nitrogens with zero attached hydrogens (tertiary/aromatic N) is 1. The van der Waals surface area contributed by atoms with Crippen molar-refractivity contribution in [3.8, 4) is 0 Å². The van der Waals surface area contributed by atoms with E-state index < -0.39 is 0 Å². The lowest BCUT2D eigenvalue weighted by atomic mass is 10.3. The average molecular weight is 219 g/mol. The summed E-state index contributed by atoms with van der Waals surface area (Å²) in [5, 5.41) is 0. The van der Waals surface area contributed by atoms with Gasteiger partial charge in [0, 0.05) is 19.2 Å². The fourth-order valence-corrected chi connectivity index (χ4v) is 1.97. The van der Waals surface area contributed by atoms with E-state index in [0.29, 0.717) is 0 Å². The molecule has 76 valence electrons. The maximum Gasteiger partial charge on any atom is 0.224 e. The van der Waals surface area contributed by atoms with Crippen LogP contribution in [0.2, 0.25) is 0 Å². The molecule has 0 unspecified atom stereocenters. The molecule has 0 radical (unpaired) electrons. The van der Waals surface area contributed by atoms with E-state index in [1.807, 2.05) is 0 Å². The van der Waals surface area contributed by atoms with Gasteiger partial charge in [-0.3, -0.25) is 9.69 Å². The summed E-state index contributed by atoms with van der Waals surface area (Å²) in [6, 6.07) is 0. The van der Waals surface area contributed by atoms with Crippen LogP contribution in [0.3, 0.4) is 0 Å². The minimum atomic E-state index is 0.0602. The monoisotopic (exact) mass is 219 g/mol. The van der Waals surface area contributed by atoms with Crippen LogP contribution in [0.25, 0.3) is 0 Å². The van der Waals surface area contributed by atoms with Gasteiger partial charge in [0.05, 0.1) is 0 Å². The van der Waals surface area contributed by atoms with Gasteiger partial charge in [0.1, 0.15) is 4.32 Å². The molecule has 0 aromatic heterocycles. The Morgan fingerprint density at radius 3 is 2.15 bits per heavy atom. The van der Waals surface area contributed by atoms with Crippen LogP contribution in [0, 0.1) is 5.92 Å². The smallest absolute Gasteiger partial charge is 0.224 e. The van der Waals surface area contributed by atoms with Crippen molar-refractivity contribution in [3.63, 3.8) is 0 Å². The Labute approximate surface area is 90.1 Å². The molecule has 0 aromatic carbocycles. The molecule has 1 saturated heterocycles. The van der Waals surface area contributed by atoms with Crippen molar-refractivity contribution in [3.05, 3.63) is 0 Å². The van der Waals surface area contributed by atoms with Crippen LogP contribution in [0.1, 0.15) is 27.7 Å². The minimum absolute atomic E-state index is 0.0602. The van der Waals surface area contributed by atoms with Crippen molar-refractivity contribution < 1.29 is 4.79 Å². The highest BCUT2D eigenvalue weighted by Gasteiger charge is 2.20. The highest BCUT2D eigenvalue weighted by molar-refractivity contribution is 8.23. The van der Waals surface area contributed by atoms with Crippen LogP contribution in [-0.4, -0.2) is 27.4 Å². The number of carbonyl (C=O) groups excluding carboxylic acids is 1. The summed E-state index contributed by atoms with van der Waals surface area (Å²) in [5.74, 6) is 1.85. The molecule has 0 atom stereocenters. The number of thiocarbonyl (C=S) groups is 1. The van der Waals surface area contributed by atoms with Crippen molar-refractivity contribution in [1.29, 1.82) is 0 Å². The second-order valence-corrected chi connectivity index (χ2v) is 5.25. The minimum Gasteiger partial charge on any atom is -0.297 e. The molecule has 13 heavy (non-hydrogen) atoms. The van der Waals surface area contributed by atoms with E-state index in [2.05, 4.69) is 20.8 Å². The van der Waals surface area contributed by atoms with E-state index in [4.69, 9.17) is 12.2 Å². The van der Waals surface area contributed by atoms with E-state index in [9.17, 15) is 4.79 Å². The van der Waals surface area contributed by atoms with Gasteiger partial charge in [0.25, 0.3) is 0 Å². The highest BCUT2D eigenvalue weighted by Crippen LogP contribution is 2.17. The summed E-state index contributed by atoms with van der Waals surface area (Å²) in [5.41, 5.74) is 0. The van der Waals surface area contributed by atoms with Gasteiger partial charge in [-0.05, 0) is 5.92 Å². The molecule has 2 nitrogen and oxygen atoms in total. The van der Waals surface area contributed by atoms with Crippen LogP contribution in [0.15, 0.2) is 0 Å². The first-order chi connectivity index (χ1) is 5.95. The Balaban J connectivity index is 0.000000310. The Hall–Kier alpha value is -0.0900. The maximum absolute atomic E-state index is 10.7. The maximum atomic E-state index is 10.7. The molecule has 0 aliphatic carbocycles. The predicted octanol–water partition coefficient (Wildman–Crippen LogP) is 2.53. The summed E-state index contributed by atoms with van der Waals surface area (Å²) < 4.78 is 0.725. The van der Waals surface area contributed by atoms with Gasteiger partial charge in [0.15, 0.2) is 0 Å². The molecule has 1 fully saturated rings. The average Bonchev–Trinajstić information content (AvgIpc) is 2.33. The molecule has 0 aromatic rings. The number of hydrogen-bond acceptors (Lipinski definition) is 3. The summed E-state index contributed by atoms with van der Waals surface area (Å²) in [6.45, 7) is 8.83. The number of hydrogen-bond donors (Lipinski definition) is 0. The van der Waals surface area contributed by atoms with E-state index in [1.165, 1.54) is 6.92 Å². The Morgan fingerprint density at radius 2 is 2.00 bits per heavy atom. The van der Waals surface area contributed by atoms with Crippen molar-refractivity contribution in [2.45, 2.75) is 27.7 Å². The van der Waals surface area contributed by atoms with Crippen LogP contribution in [-0.2, 0) is 4.79 Å². The highest BCUT2D eigenvalue weighted by atomic mass is 32.2. The molecule has 0 bridgehead atoms. The summed E-state index contributed by atoms with van der Waals surface area (Å²) in [4.78, 5) is 12.3. The van der Waals surface area contributed by atoms with E-state index in [1.54, 1.807) is 16.7 Å². The van der Waals surface area contributed by atoms with Crippen molar-refractivity contribution in [2.75, 3.05) is 12.3 Å². The largest absolute Gasteiger partial charge is 0.297 e. The van der Waals surface area contributed by atoms with Crippen molar-refractivity contribution in [2.24, 2.45) is 5.92 Å². The Morgan fingerprint density at radius 1 is 1.54 bits per heavy atom. The molecule has 0 N–H and O–H groups in total. The standard InChI is InChI=1S/C5H7NOS2.C4H10/c1-4(7)6-2-3-9-5(6)8;1-4(2)3/h2-3H2,1H3;4H,1-3H3. The molecule has 1 aliphatic rings. The van der Waals surface area contributed by atoms with Gasteiger partial charge in [0.2, 0.25) is 5.91 Å². The van der Waals surface area contributed by atoms with Gasteiger partial charge < -0.3 is 0 Å². The van der Waals surface area contributed by atoms with Gasteiger partial charge in [-0.25, -0.2) is 0 Å². The molecule has 0 saturated carbocycles. The van der Waals surface area contributed by atoms with Gasteiger partial charge in [-0.1, -0.05) is 44.8 Å². The number of thioether (sulfide) groups is 1. The van der Waals surface area contributed by atoms with Gasteiger partial charge in [-0.15, -0.1) is 0 Å². The molecular weight excluding hydrogens is 202 g/mol. The third-order valence-electron chi connectivity index (χ3n) is 1.14. The van der Waals surface area contributed by atoms with Crippen LogP contribution < -0.4 is 0 Å². The molecular formula is C9H17NOS2. The van der Waals surface area contributed by atoms with Gasteiger partial charge >= 0.3 is 0 Å². The molecule has 1 aliphatic heterocycles. The normalized spacial score (nSPS) is 15.8. The lowest BCUT2D eigenvalue weighted by Crippen LogP contribution is -2.27. The fraction of sp³-hybridized carbons (Fsp3) is 0.778. The van der Waals surface area contributed by atoms with Crippen LogP contribution in [0.4, 0.5) is 0 Å². The first-order valence-electron chi connectivity index (χ1n) is 4.40. The summed E-state index contributed by atoms with van der Waals surface area (Å²) in [6.07, 6.45) is 0. The zero-order valence-electron chi connectivity index (χ0n) is 8.66. The van der Waals surface area contributed by atoms with E-state index in [-0.39, 0.29) is 5.91 Å². The number of rotatable bonds is 0. The Bertz CT molecular complexity index is 189. The number of carbonyl (C=O) groups is 1. The van der Waals surface area contributed by atoms with E-state index >= 15 is 0 Å². The summed E-state index contributed by atoms with van der Waals surface area (Å²) >= 11 is 6.45. The Kier molecular flexibility index (Phi) is 6.33.